The summed E-state index contributed by atoms with van der Waals surface area (Å²) in [7, 11) is 0. The number of benzene rings is 1. The number of pyridine rings is 1. The molecule has 0 aliphatic heterocycles. The first-order valence-corrected chi connectivity index (χ1v) is 7.48. The molecule has 134 valence electrons. The van der Waals surface area contributed by atoms with E-state index in [9.17, 15) is 31.5 Å². The van der Waals surface area contributed by atoms with Crippen molar-refractivity contribution in [2.45, 2.75) is 32.0 Å². The first-order valence-electron chi connectivity index (χ1n) is 7.48. The molecule has 0 spiro atoms. The fraction of sp³-hybridized carbons (Fsp3) is 0.375. The quantitative estimate of drug-likeness (QED) is 0.617. The highest BCUT2D eigenvalue weighted by Gasteiger charge is 2.38. The van der Waals surface area contributed by atoms with Gasteiger partial charge >= 0.3 is 12.1 Å². The summed E-state index contributed by atoms with van der Waals surface area (Å²) in [5.74, 6) is -4.37. The smallest absolute Gasteiger partial charge is 0.417 e. The van der Waals surface area contributed by atoms with Crippen LogP contribution >= 0.6 is 0 Å². The second kappa shape index (κ2) is 5.82. The lowest BCUT2D eigenvalue weighted by Crippen LogP contribution is -2.24. The van der Waals surface area contributed by atoms with Crippen molar-refractivity contribution in [2.24, 2.45) is 0 Å². The molecule has 1 aliphatic rings. The minimum Gasteiger partial charge on any atom is -0.462 e. The van der Waals surface area contributed by atoms with Crippen molar-refractivity contribution < 1.29 is 31.5 Å². The third-order valence-corrected chi connectivity index (χ3v) is 3.93. The van der Waals surface area contributed by atoms with Crippen LogP contribution in [0.2, 0.25) is 0 Å². The van der Waals surface area contributed by atoms with Crippen LogP contribution in [0.15, 0.2) is 17.1 Å². The second-order valence-corrected chi connectivity index (χ2v) is 5.67. The zero-order valence-electron chi connectivity index (χ0n) is 12.9. The van der Waals surface area contributed by atoms with Crippen LogP contribution in [-0.4, -0.2) is 17.1 Å². The largest absolute Gasteiger partial charge is 0.462 e. The van der Waals surface area contributed by atoms with Crippen LogP contribution in [0.4, 0.5) is 22.0 Å². The number of carbonyl (C=O) groups excluding carboxylic acids is 1. The average Bonchev–Trinajstić information content (AvgIpc) is 3.34. The molecule has 25 heavy (non-hydrogen) atoms. The van der Waals surface area contributed by atoms with E-state index in [1.54, 1.807) is 0 Å². The molecule has 2 aromatic rings. The van der Waals surface area contributed by atoms with E-state index in [0.29, 0.717) is 12.8 Å². The number of halogens is 5. The van der Waals surface area contributed by atoms with Crippen LogP contribution in [0.1, 0.15) is 41.7 Å². The molecule has 4 nitrogen and oxygen atoms in total. The van der Waals surface area contributed by atoms with Crippen molar-refractivity contribution in [1.29, 1.82) is 0 Å². The molecule has 1 aromatic heterocycles. The molecule has 9 heteroatoms. The highest BCUT2D eigenvalue weighted by atomic mass is 19.4. The van der Waals surface area contributed by atoms with Gasteiger partial charge in [-0.2, -0.15) is 13.2 Å². The van der Waals surface area contributed by atoms with E-state index in [1.165, 1.54) is 6.92 Å². The van der Waals surface area contributed by atoms with Crippen molar-refractivity contribution in [3.05, 3.63) is 45.2 Å². The van der Waals surface area contributed by atoms with Crippen molar-refractivity contribution >= 4 is 16.9 Å². The van der Waals surface area contributed by atoms with Gasteiger partial charge in [-0.05, 0) is 25.8 Å². The van der Waals surface area contributed by atoms with Crippen molar-refractivity contribution in [3.8, 4) is 0 Å². The molecule has 3 rings (SSSR count). The van der Waals surface area contributed by atoms with E-state index >= 15 is 0 Å². The van der Waals surface area contributed by atoms with Crippen LogP contribution in [0.3, 0.4) is 0 Å². The summed E-state index contributed by atoms with van der Waals surface area (Å²) in [5.41, 5.74) is -4.38. The molecule has 0 unspecified atom stereocenters. The minimum absolute atomic E-state index is 0.0642. The maximum atomic E-state index is 14.3. The maximum Gasteiger partial charge on any atom is 0.417 e. The molecule has 0 bridgehead atoms. The van der Waals surface area contributed by atoms with E-state index in [1.807, 2.05) is 0 Å². The Morgan fingerprint density at radius 3 is 2.48 bits per heavy atom. The van der Waals surface area contributed by atoms with Gasteiger partial charge in [0.25, 0.3) is 0 Å². The molecule has 0 N–H and O–H groups in total. The number of carbonyl (C=O) groups is 1. The first kappa shape index (κ1) is 17.4. The molecule has 1 saturated carbocycles. The molecule has 0 saturated heterocycles. The third kappa shape index (κ3) is 2.87. The van der Waals surface area contributed by atoms with E-state index in [2.05, 4.69) is 0 Å². The summed E-state index contributed by atoms with van der Waals surface area (Å²) in [6.45, 7) is 1.37. The van der Waals surface area contributed by atoms with Crippen molar-refractivity contribution in [3.63, 3.8) is 0 Å². The van der Waals surface area contributed by atoms with Crippen LogP contribution < -0.4 is 5.43 Å². The molecule has 0 atom stereocenters. The number of alkyl halides is 3. The lowest BCUT2D eigenvalue weighted by molar-refractivity contribution is -0.136. The average molecular weight is 361 g/mol. The number of hydrogen-bond acceptors (Lipinski definition) is 3. The van der Waals surface area contributed by atoms with E-state index in [0.717, 1.165) is 10.8 Å². The van der Waals surface area contributed by atoms with Gasteiger partial charge in [-0.1, -0.05) is 0 Å². The number of fused-ring (bicyclic) bond motifs is 1. The summed E-state index contributed by atoms with van der Waals surface area (Å²) >= 11 is 0. The normalized spacial score (nSPS) is 14.8. The molecule has 1 fully saturated rings. The Morgan fingerprint density at radius 1 is 1.32 bits per heavy atom. The van der Waals surface area contributed by atoms with E-state index in [4.69, 9.17) is 4.74 Å². The van der Waals surface area contributed by atoms with E-state index < -0.39 is 57.3 Å². The molecule has 0 amide bonds. The Labute approximate surface area is 137 Å². The van der Waals surface area contributed by atoms with Gasteiger partial charge in [0.05, 0.1) is 23.1 Å². The van der Waals surface area contributed by atoms with Gasteiger partial charge in [-0.15, -0.1) is 0 Å². The summed E-state index contributed by atoms with van der Waals surface area (Å²) in [6.07, 6.45) is -3.13. The second-order valence-electron chi connectivity index (χ2n) is 5.67. The Hall–Kier alpha value is -2.45. The highest BCUT2D eigenvalue weighted by molar-refractivity contribution is 5.95. The molecule has 1 heterocycles. The molecular weight excluding hydrogens is 349 g/mol. The third-order valence-electron chi connectivity index (χ3n) is 3.93. The van der Waals surface area contributed by atoms with Crippen LogP contribution in [0.5, 0.6) is 0 Å². The van der Waals surface area contributed by atoms with Gasteiger partial charge in [-0.3, -0.25) is 4.79 Å². The number of nitrogens with zero attached hydrogens (tertiary/aromatic N) is 1. The lowest BCUT2D eigenvalue weighted by atomic mass is 10.0. The van der Waals surface area contributed by atoms with Crippen molar-refractivity contribution in [2.75, 3.05) is 6.61 Å². The molecule has 1 aliphatic carbocycles. The molecular formula is C16H12F5NO3. The highest BCUT2D eigenvalue weighted by Crippen LogP contribution is 2.41. The predicted molar refractivity (Wildman–Crippen MR) is 77.4 cm³/mol. The SMILES string of the molecule is CCOC(=O)c1cn(C2CC2)c2c(F)c(F)cc(C(F)(F)F)c2c1=O. The standard InChI is InChI=1S/C16H12F5NO3/c1-2-25-15(24)8-6-22(7-3-4-7)13-11(14(8)23)9(16(19,20)21)5-10(17)12(13)18/h5-7H,2-4H2,1H3. The minimum atomic E-state index is -5.10. The Kier molecular flexibility index (Phi) is 4.04. The van der Waals surface area contributed by atoms with Gasteiger partial charge in [-0.25, -0.2) is 13.6 Å². The van der Waals surface area contributed by atoms with Crippen LogP contribution in [0.25, 0.3) is 10.9 Å². The summed E-state index contributed by atoms with van der Waals surface area (Å²) in [6, 6.07) is -0.473. The van der Waals surface area contributed by atoms with Gasteiger partial charge in [0.2, 0.25) is 5.43 Å². The molecule has 0 radical (unpaired) electrons. The van der Waals surface area contributed by atoms with E-state index in [-0.39, 0.29) is 12.7 Å². The Morgan fingerprint density at radius 2 is 1.96 bits per heavy atom. The summed E-state index contributed by atoms with van der Waals surface area (Å²) < 4.78 is 73.6. The number of esters is 1. The number of hydrogen-bond donors (Lipinski definition) is 0. The van der Waals surface area contributed by atoms with Gasteiger partial charge < -0.3 is 9.30 Å². The van der Waals surface area contributed by atoms with Gasteiger partial charge in [0.1, 0.15) is 5.56 Å². The zero-order valence-corrected chi connectivity index (χ0v) is 12.9. The van der Waals surface area contributed by atoms with Crippen LogP contribution in [0, 0.1) is 11.6 Å². The summed E-state index contributed by atoms with van der Waals surface area (Å²) in [4.78, 5) is 24.4. The maximum absolute atomic E-state index is 14.3. The van der Waals surface area contributed by atoms with Gasteiger partial charge in [0.15, 0.2) is 11.6 Å². The number of ether oxygens (including phenoxy) is 1. The topological polar surface area (TPSA) is 48.3 Å². The summed E-state index contributed by atoms with van der Waals surface area (Å²) in [5, 5.41) is -1.07. The fourth-order valence-electron chi connectivity index (χ4n) is 2.70. The van der Waals surface area contributed by atoms with Crippen LogP contribution in [-0.2, 0) is 10.9 Å². The number of rotatable bonds is 3. The fourth-order valence-corrected chi connectivity index (χ4v) is 2.70. The lowest BCUT2D eigenvalue weighted by Gasteiger charge is -2.17. The Balaban J connectivity index is 2.49. The zero-order chi connectivity index (χ0) is 18.5. The first-order chi connectivity index (χ1) is 11.7. The molecule has 1 aromatic carbocycles. The van der Waals surface area contributed by atoms with Gasteiger partial charge in [0, 0.05) is 12.2 Å². The Bertz CT molecular complexity index is 928. The number of aromatic nitrogens is 1. The monoisotopic (exact) mass is 361 g/mol. The predicted octanol–water partition coefficient (Wildman–Crippen LogP) is 3.81. The van der Waals surface area contributed by atoms with Crippen molar-refractivity contribution in [1.82, 2.24) is 4.57 Å².